The van der Waals surface area contributed by atoms with E-state index in [9.17, 15) is 9.59 Å². The summed E-state index contributed by atoms with van der Waals surface area (Å²) in [4.78, 5) is 27.1. The number of hydrogen-bond donors (Lipinski definition) is 1. The fourth-order valence-electron chi connectivity index (χ4n) is 4.29. The molecule has 4 heteroatoms. The summed E-state index contributed by atoms with van der Waals surface area (Å²) in [5.74, 6) is 0.204. The van der Waals surface area contributed by atoms with Crippen molar-refractivity contribution in [1.82, 2.24) is 10.2 Å². The first-order valence-electron chi connectivity index (χ1n) is 9.96. The third-order valence-electron chi connectivity index (χ3n) is 5.96. The summed E-state index contributed by atoms with van der Waals surface area (Å²) < 4.78 is 0. The van der Waals surface area contributed by atoms with E-state index in [1.807, 2.05) is 0 Å². The highest BCUT2D eigenvalue weighted by Crippen LogP contribution is 2.41. The highest BCUT2D eigenvalue weighted by atomic mass is 16.2. The second-order valence-electron chi connectivity index (χ2n) is 7.69. The molecule has 3 rings (SSSR count). The Hall–Kier alpha value is -1.32. The van der Waals surface area contributed by atoms with Gasteiger partial charge in [0.15, 0.2) is 0 Å². The maximum absolute atomic E-state index is 12.7. The third-order valence-corrected chi connectivity index (χ3v) is 5.96. The number of hydrogen-bond acceptors (Lipinski definition) is 2. The second-order valence-corrected chi connectivity index (χ2v) is 7.69. The molecule has 3 unspecified atom stereocenters. The van der Waals surface area contributed by atoms with Crippen LogP contribution in [0.15, 0.2) is 11.6 Å². The van der Waals surface area contributed by atoms with Crippen LogP contribution < -0.4 is 5.32 Å². The van der Waals surface area contributed by atoms with Gasteiger partial charge in [-0.15, -0.1) is 0 Å². The molecule has 0 aromatic carbocycles. The van der Waals surface area contributed by atoms with Crippen LogP contribution in [0.1, 0.15) is 71.1 Å². The van der Waals surface area contributed by atoms with Gasteiger partial charge >= 0.3 is 0 Å². The Morgan fingerprint density at radius 2 is 2.08 bits per heavy atom. The molecule has 1 N–H and O–H groups in total. The van der Waals surface area contributed by atoms with Crippen LogP contribution in [-0.4, -0.2) is 35.8 Å². The van der Waals surface area contributed by atoms with Gasteiger partial charge in [0.2, 0.25) is 11.8 Å². The van der Waals surface area contributed by atoms with E-state index in [4.69, 9.17) is 0 Å². The molecule has 1 aliphatic heterocycles. The van der Waals surface area contributed by atoms with Crippen molar-refractivity contribution < 1.29 is 9.59 Å². The summed E-state index contributed by atoms with van der Waals surface area (Å²) in [5, 5.41) is 3.05. The van der Waals surface area contributed by atoms with Gasteiger partial charge < -0.3 is 10.2 Å². The van der Waals surface area contributed by atoms with E-state index in [1.54, 1.807) is 0 Å². The zero-order chi connectivity index (χ0) is 16.9. The van der Waals surface area contributed by atoms with Crippen LogP contribution in [0.25, 0.3) is 0 Å². The minimum absolute atomic E-state index is 0.0500. The number of nitrogens with zero attached hydrogens (tertiary/aromatic N) is 1. The van der Waals surface area contributed by atoms with Crippen LogP contribution >= 0.6 is 0 Å². The summed E-state index contributed by atoms with van der Waals surface area (Å²) in [6, 6.07) is 0.397. The van der Waals surface area contributed by atoms with E-state index in [-0.39, 0.29) is 23.7 Å². The molecule has 134 valence electrons. The van der Waals surface area contributed by atoms with Gasteiger partial charge in [-0.05, 0) is 64.2 Å². The van der Waals surface area contributed by atoms with Gasteiger partial charge in [-0.3, -0.25) is 9.59 Å². The van der Waals surface area contributed by atoms with Gasteiger partial charge in [-0.1, -0.05) is 18.6 Å². The maximum Gasteiger partial charge on any atom is 0.226 e. The molecule has 2 amide bonds. The molecule has 1 saturated heterocycles. The lowest BCUT2D eigenvalue weighted by molar-refractivity contribution is -0.138. The van der Waals surface area contributed by atoms with Crippen molar-refractivity contribution in [1.29, 1.82) is 0 Å². The van der Waals surface area contributed by atoms with Gasteiger partial charge in [-0.2, -0.15) is 0 Å². The van der Waals surface area contributed by atoms with Crippen LogP contribution in [0.3, 0.4) is 0 Å². The van der Waals surface area contributed by atoms with Crippen molar-refractivity contribution in [2.75, 3.05) is 13.1 Å². The zero-order valence-electron chi connectivity index (χ0n) is 15.1. The van der Waals surface area contributed by atoms with Crippen LogP contribution in [0.4, 0.5) is 0 Å². The number of allylic oxidation sites excluding steroid dienone is 1. The molecule has 0 aromatic rings. The number of amides is 2. The highest BCUT2D eigenvalue weighted by Gasteiger charge is 2.50. The number of rotatable bonds is 6. The van der Waals surface area contributed by atoms with Gasteiger partial charge in [0, 0.05) is 19.1 Å². The SMILES string of the molecule is CCC1CCCCN1C(=O)C1CC1C(=O)NCCC1=CCCCC1. The summed E-state index contributed by atoms with van der Waals surface area (Å²) in [6.07, 6.45) is 13.5. The van der Waals surface area contributed by atoms with E-state index in [0.29, 0.717) is 6.04 Å². The van der Waals surface area contributed by atoms with Gasteiger partial charge in [0.25, 0.3) is 0 Å². The van der Waals surface area contributed by atoms with Gasteiger partial charge in [-0.25, -0.2) is 0 Å². The summed E-state index contributed by atoms with van der Waals surface area (Å²) in [5.41, 5.74) is 1.49. The standard InChI is InChI=1S/C20H32N2O2/c1-2-16-10-6-7-13-22(16)20(24)18-14-17(18)19(23)21-12-11-15-8-4-3-5-9-15/h8,16-18H,2-7,9-14H2,1H3,(H,21,23). The van der Waals surface area contributed by atoms with Crippen molar-refractivity contribution in [2.24, 2.45) is 11.8 Å². The van der Waals surface area contributed by atoms with Crippen LogP contribution in [0.2, 0.25) is 0 Å². The molecule has 0 spiro atoms. The largest absolute Gasteiger partial charge is 0.356 e. The molecule has 3 atom stereocenters. The van der Waals surface area contributed by atoms with Gasteiger partial charge in [0.1, 0.15) is 0 Å². The monoisotopic (exact) mass is 332 g/mol. The number of carbonyl (C=O) groups is 2. The Morgan fingerprint density at radius 3 is 2.83 bits per heavy atom. The number of nitrogens with one attached hydrogen (secondary N) is 1. The predicted molar refractivity (Wildman–Crippen MR) is 95.4 cm³/mol. The summed E-state index contributed by atoms with van der Waals surface area (Å²) >= 11 is 0. The molecule has 4 nitrogen and oxygen atoms in total. The highest BCUT2D eigenvalue weighted by molar-refractivity contribution is 5.92. The van der Waals surface area contributed by atoms with E-state index in [1.165, 1.54) is 37.7 Å². The first kappa shape index (κ1) is 17.5. The van der Waals surface area contributed by atoms with E-state index < -0.39 is 0 Å². The van der Waals surface area contributed by atoms with Crippen molar-refractivity contribution >= 4 is 11.8 Å². The molecule has 1 heterocycles. The fourth-order valence-corrected chi connectivity index (χ4v) is 4.29. The lowest BCUT2D eigenvalue weighted by Crippen LogP contribution is -2.44. The minimum Gasteiger partial charge on any atom is -0.356 e. The molecule has 1 saturated carbocycles. The minimum atomic E-state index is -0.0720. The summed E-state index contributed by atoms with van der Waals surface area (Å²) in [6.45, 7) is 3.77. The van der Waals surface area contributed by atoms with Crippen LogP contribution in [0.5, 0.6) is 0 Å². The lowest BCUT2D eigenvalue weighted by atomic mass is 9.97. The molecule has 0 aromatic heterocycles. The van der Waals surface area contributed by atoms with Crippen LogP contribution in [-0.2, 0) is 9.59 Å². The van der Waals surface area contributed by atoms with Gasteiger partial charge in [0.05, 0.1) is 11.8 Å². The first-order chi connectivity index (χ1) is 11.7. The van der Waals surface area contributed by atoms with E-state index >= 15 is 0 Å². The average molecular weight is 332 g/mol. The molecule has 2 aliphatic carbocycles. The molecular weight excluding hydrogens is 300 g/mol. The topological polar surface area (TPSA) is 49.4 Å². The molecule has 0 bridgehead atoms. The maximum atomic E-state index is 12.7. The van der Waals surface area contributed by atoms with E-state index in [2.05, 4.69) is 23.2 Å². The average Bonchev–Trinajstić information content (AvgIpc) is 3.43. The third kappa shape index (κ3) is 4.20. The van der Waals surface area contributed by atoms with Crippen LogP contribution in [0, 0.1) is 11.8 Å². The summed E-state index contributed by atoms with van der Waals surface area (Å²) in [7, 11) is 0. The normalized spacial score (nSPS) is 29.8. The second kappa shape index (κ2) is 8.17. The number of piperidine rings is 1. The molecule has 3 aliphatic rings. The van der Waals surface area contributed by atoms with Crippen molar-refractivity contribution in [3.05, 3.63) is 11.6 Å². The van der Waals surface area contributed by atoms with Crippen molar-refractivity contribution in [2.45, 2.75) is 77.2 Å². The van der Waals surface area contributed by atoms with Crippen molar-refractivity contribution in [3.63, 3.8) is 0 Å². The first-order valence-corrected chi connectivity index (χ1v) is 9.96. The Kier molecular flexibility index (Phi) is 5.96. The Morgan fingerprint density at radius 1 is 1.21 bits per heavy atom. The smallest absolute Gasteiger partial charge is 0.226 e. The van der Waals surface area contributed by atoms with E-state index in [0.717, 1.165) is 45.2 Å². The van der Waals surface area contributed by atoms with Crippen molar-refractivity contribution in [3.8, 4) is 0 Å². The number of carbonyl (C=O) groups excluding carboxylic acids is 2. The Labute approximate surface area is 146 Å². The lowest BCUT2D eigenvalue weighted by Gasteiger charge is -2.35. The molecular formula is C20H32N2O2. The molecule has 0 radical (unpaired) electrons. The Balaban J connectivity index is 1.41. The zero-order valence-corrected chi connectivity index (χ0v) is 15.1. The Bertz CT molecular complexity index is 500. The number of likely N-dealkylation sites (tertiary alicyclic amines) is 1. The quantitative estimate of drug-likeness (QED) is 0.758. The molecule has 24 heavy (non-hydrogen) atoms. The molecule has 2 fully saturated rings. The fraction of sp³-hybridized carbons (Fsp3) is 0.800. The predicted octanol–water partition coefficient (Wildman–Crippen LogP) is 3.42.